The van der Waals surface area contributed by atoms with Crippen LogP contribution in [0.15, 0.2) is 0 Å². The van der Waals surface area contributed by atoms with E-state index in [-0.39, 0.29) is 5.97 Å². The van der Waals surface area contributed by atoms with Crippen molar-refractivity contribution in [3.63, 3.8) is 0 Å². The van der Waals surface area contributed by atoms with Gasteiger partial charge in [0.15, 0.2) is 0 Å². The third-order valence-electron chi connectivity index (χ3n) is 4.19. The highest BCUT2D eigenvalue weighted by Crippen LogP contribution is 2.07. The third kappa shape index (κ3) is 21.3. The molecule has 0 spiro atoms. The summed E-state index contributed by atoms with van der Waals surface area (Å²) in [4.78, 5) is 11.6. The Morgan fingerprint density at radius 3 is 1.68 bits per heavy atom. The standard InChI is InChI=1S/C21H42O4/c1-3-5-7-9-10-11-13-18-25-21(22)15-14-17-24-20-19-23-16-12-8-6-4-2/h3-20H2,1-2H3. The fraction of sp³-hybridized carbons (Fsp3) is 0.952. The SMILES string of the molecule is CCCCCCCCCOC(=O)CCCOCCOCCCCCC. The van der Waals surface area contributed by atoms with E-state index in [1.807, 2.05) is 0 Å². The highest BCUT2D eigenvalue weighted by molar-refractivity contribution is 5.69. The average molecular weight is 359 g/mol. The highest BCUT2D eigenvalue weighted by Gasteiger charge is 2.02. The topological polar surface area (TPSA) is 44.8 Å². The summed E-state index contributed by atoms with van der Waals surface area (Å²) in [7, 11) is 0. The number of hydrogen-bond donors (Lipinski definition) is 0. The Morgan fingerprint density at radius 2 is 1.04 bits per heavy atom. The maximum Gasteiger partial charge on any atom is 0.305 e. The van der Waals surface area contributed by atoms with Gasteiger partial charge in [-0.15, -0.1) is 0 Å². The molecule has 0 saturated heterocycles. The first kappa shape index (κ1) is 24.4. The molecule has 0 radical (unpaired) electrons. The van der Waals surface area contributed by atoms with Crippen LogP contribution in [-0.2, 0) is 19.0 Å². The van der Waals surface area contributed by atoms with Gasteiger partial charge in [0.25, 0.3) is 0 Å². The molecule has 0 aliphatic carbocycles. The molecule has 0 amide bonds. The largest absolute Gasteiger partial charge is 0.466 e. The van der Waals surface area contributed by atoms with Crippen molar-refractivity contribution in [1.82, 2.24) is 0 Å². The van der Waals surface area contributed by atoms with Gasteiger partial charge in [0.1, 0.15) is 0 Å². The maximum atomic E-state index is 11.6. The Labute approximate surface area is 156 Å². The molecule has 0 aromatic carbocycles. The molecule has 150 valence electrons. The summed E-state index contributed by atoms with van der Waals surface area (Å²) in [5.41, 5.74) is 0. The number of hydrogen-bond acceptors (Lipinski definition) is 4. The second-order valence-corrected chi connectivity index (χ2v) is 6.73. The molecule has 0 saturated carbocycles. The summed E-state index contributed by atoms with van der Waals surface area (Å²) >= 11 is 0. The van der Waals surface area contributed by atoms with Crippen LogP contribution in [0.5, 0.6) is 0 Å². The second-order valence-electron chi connectivity index (χ2n) is 6.73. The summed E-state index contributed by atoms with van der Waals surface area (Å²) in [5.74, 6) is -0.0956. The molecule has 0 unspecified atom stereocenters. The van der Waals surface area contributed by atoms with Gasteiger partial charge in [0, 0.05) is 19.6 Å². The van der Waals surface area contributed by atoms with Crippen molar-refractivity contribution >= 4 is 5.97 Å². The monoisotopic (exact) mass is 358 g/mol. The van der Waals surface area contributed by atoms with Crippen LogP contribution in [0.1, 0.15) is 97.3 Å². The van der Waals surface area contributed by atoms with Gasteiger partial charge in [-0.05, 0) is 19.3 Å². The summed E-state index contributed by atoms with van der Waals surface area (Å²) in [6, 6.07) is 0. The molecule has 0 rings (SSSR count). The van der Waals surface area contributed by atoms with Crippen molar-refractivity contribution in [2.45, 2.75) is 97.3 Å². The van der Waals surface area contributed by atoms with Gasteiger partial charge in [-0.3, -0.25) is 4.79 Å². The van der Waals surface area contributed by atoms with E-state index in [9.17, 15) is 4.79 Å². The van der Waals surface area contributed by atoms with Gasteiger partial charge >= 0.3 is 5.97 Å². The first-order chi connectivity index (χ1) is 12.3. The lowest BCUT2D eigenvalue weighted by molar-refractivity contribution is -0.144. The van der Waals surface area contributed by atoms with Gasteiger partial charge in [-0.25, -0.2) is 0 Å². The summed E-state index contributed by atoms with van der Waals surface area (Å²) in [5, 5.41) is 0. The lowest BCUT2D eigenvalue weighted by Gasteiger charge is -2.07. The van der Waals surface area contributed by atoms with E-state index in [0.29, 0.717) is 32.8 Å². The van der Waals surface area contributed by atoms with Crippen molar-refractivity contribution in [3.05, 3.63) is 0 Å². The first-order valence-corrected chi connectivity index (χ1v) is 10.6. The van der Waals surface area contributed by atoms with Gasteiger partial charge in [0.05, 0.1) is 19.8 Å². The summed E-state index contributed by atoms with van der Waals surface area (Å²) < 4.78 is 16.2. The minimum absolute atomic E-state index is 0.0956. The molecule has 0 aromatic rings. The predicted octanol–water partition coefficient (Wildman–Crippen LogP) is 5.67. The maximum absolute atomic E-state index is 11.6. The quantitative estimate of drug-likeness (QED) is 0.208. The van der Waals surface area contributed by atoms with E-state index < -0.39 is 0 Å². The molecule has 4 nitrogen and oxygen atoms in total. The molecule has 0 atom stereocenters. The molecule has 0 heterocycles. The number of carbonyl (C=O) groups excluding carboxylic acids is 1. The van der Waals surface area contributed by atoms with Crippen LogP contribution in [0.25, 0.3) is 0 Å². The van der Waals surface area contributed by atoms with E-state index in [1.165, 1.54) is 57.8 Å². The molecule has 0 aromatic heterocycles. The average Bonchev–Trinajstić information content (AvgIpc) is 2.62. The fourth-order valence-electron chi connectivity index (χ4n) is 2.59. The molecule has 0 aliphatic heterocycles. The fourth-order valence-corrected chi connectivity index (χ4v) is 2.59. The van der Waals surface area contributed by atoms with Gasteiger partial charge in [0.2, 0.25) is 0 Å². The van der Waals surface area contributed by atoms with Crippen molar-refractivity contribution in [1.29, 1.82) is 0 Å². The highest BCUT2D eigenvalue weighted by atomic mass is 16.5. The zero-order valence-electron chi connectivity index (χ0n) is 16.9. The summed E-state index contributed by atoms with van der Waals surface area (Å²) in [6.45, 7) is 7.70. The first-order valence-electron chi connectivity index (χ1n) is 10.6. The van der Waals surface area contributed by atoms with Crippen LogP contribution in [0.3, 0.4) is 0 Å². The Bertz CT molecular complexity index is 269. The van der Waals surface area contributed by atoms with Crippen LogP contribution in [0, 0.1) is 0 Å². The normalized spacial score (nSPS) is 11.0. The zero-order valence-corrected chi connectivity index (χ0v) is 16.9. The Kier molecular flexibility index (Phi) is 20.9. The Hall–Kier alpha value is -0.610. The number of esters is 1. The number of rotatable bonds is 20. The lowest BCUT2D eigenvalue weighted by Crippen LogP contribution is -2.09. The van der Waals surface area contributed by atoms with Crippen LogP contribution in [-0.4, -0.2) is 39.0 Å². The zero-order chi connectivity index (χ0) is 18.4. The molecular formula is C21H42O4. The summed E-state index contributed by atoms with van der Waals surface area (Å²) in [6.07, 6.45) is 14.8. The van der Waals surface area contributed by atoms with Crippen LogP contribution in [0.4, 0.5) is 0 Å². The lowest BCUT2D eigenvalue weighted by atomic mass is 10.1. The van der Waals surface area contributed by atoms with Gasteiger partial charge < -0.3 is 14.2 Å². The van der Waals surface area contributed by atoms with Crippen molar-refractivity contribution in [2.75, 3.05) is 33.0 Å². The van der Waals surface area contributed by atoms with E-state index in [4.69, 9.17) is 14.2 Å². The predicted molar refractivity (Wildman–Crippen MR) is 104 cm³/mol. The molecule has 0 N–H and O–H groups in total. The van der Waals surface area contributed by atoms with Crippen LogP contribution in [0.2, 0.25) is 0 Å². The Morgan fingerprint density at radius 1 is 0.560 bits per heavy atom. The molecule has 0 bridgehead atoms. The van der Waals surface area contributed by atoms with Crippen LogP contribution < -0.4 is 0 Å². The number of unbranched alkanes of at least 4 members (excludes halogenated alkanes) is 9. The molecule has 25 heavy (non-hydrogen) atoms. The number of ether oxygens (including phenoxy) is 3. The van der Waals surface area contributed by atoms with E-state index >= 15 is 0 Å². The van der Waals surface area contributed by atoms with E-state index in [0.717, 1.165) is 25.9 Å². The molecular weight excluding hydrogens is 316 g/mol. The molecule has 0 aliphatic rings. The van der Waals surface area contributed by atoms with Gasteiger partial charge in [-0.2, -0.15) is 0 Å². The van der Waals surface area contributed by atoms with E-state index in [1.54, 1.807) is 0 Å². The van der Waals surface area contributed by atoms with Crippen molar-refractivity contribution in [2.24, 2.45) is 0 Å². The second kappa shape index (κ2) is 21.4. The van der Waals surface area contributed by atoms with Crippen LogP contribution >= 0.6 is 0 Å². The third-order valence-corrected chi connectivity index (χ3v) is 4.19. The smallest absolute Gasteiger partial charge is 0.305 e. The van der Waals surface area contributed by atoms with Gasteiger partial charge in [-0.1, -0.05) is 71.6 Å². The Balaban J connectivity index is 3.13. The molecule has 4 heteroatoms. The minimum Gasteiger partial charge on any atom is -0.466 e. The van der Waals surface area contributed by atoms with E-state index in [2.05, 4.69) is 13.8 Å². The minimum atomic E-state index is -0.0956. The van der Waals surface area contributed by atoms with Crippen molar-refractivity contribution < 1.29 is 19.0 Å². The molecule has 0 fully saturated rings. The van der Waals surface area contributed by atoms with Crippen molar-refractivity contribution in [3.8, 4) is 0 Å². The number of carbonyl (C=O) groups is 1.